The molecule has 0 saturated carbocycles. The van der Waals surface area contributed by atoms with E-state index in [1.807, 2.05) is 0 Å². The average Bonchev–Trinajstić information content (AvgIpc) is 2.74. The smallest absolute Gasteiger partial charge is 0.255 e. The van der Waals surface area contributed by atoms with E-state index in [4.69, 9.17) is 32.7 Å². The number of ether oxygens (including phenoxy) is 2. The zero-order valence-electron chi connectivity index (χ0n) is 15.9. The van der Waals surface area contributed by atoms with Gasteiger partial charge < -0.3 is 14.4 Å². The SMILES string of the molecule is COc1ccc(S(=O)(=O)N2CCN(C(=O)c3cc(Cl)ccc3Cl)CC2)cc1OC. The first-order valence-corrected chi connectivity index (χ1v) is 10.9. The summed E-state index contributed by atoms with van der Waals surface area (Å²) in [6, 6.07) is 9.13. The largest absolute Gasteiger partial charge is 0.493 e. The van der Waals surface area contributed by atoms with Crippen LogP contribution in [0.2, 0.25) is 10.0 Å². The minimum Gasteiger partial charge on any atom is -0.493 e. The summed E-state index contributed by atoms with van der Waals surface area (Å²) in [5, 5.41) is 0.715. The molecule has 3 rings (SSSR count). The second-order valence-electron chi connectivity index (χ2n) is 6.34. The number of halogens is 2. The zero-order valence-corrected chi connectivity index (χ0v) is 18.2. The Labute approximate surface area is 179 Å². The molecule has 7 nitrogen and oxygen atoms in total. The Morgan fingerprint density at radius 2 is 1.59 bits per heavy atom. The number of carbonyl (C=O) groups excluding carboxylic acids is 1. The first kappa shape index (κ1) is 21.7. The number of rotatable bonds is 5. The lowest BCUT2D eigenvalue weighted by Crippen LogP contribution is -2.50. The van der Waals surface area contributed by atoms with E-state index in [-0.39, 0.29) is 37.0 Å². The van der Waals surface area contributed by atoms with Gasteiger partial charge in [-0.3, -0.25) is 4.79 Å². The summed E-state index contributed by atoms with van der Waals surface area (Å²) >= 11 is 12.1. The molecule has 156 valence electrons. The summed E-state index contributed by atoms with van der Waals surface area (Å²) in [7, 11) is -0.811. The van der Waals surface area contributed by atoms with Crippen LogP contribution in [0.15, 0.2) is 41.3 Å². The summed E-state index contributed by atoms with van der Waals surface area (Å²) in [4.78, 5) is 14.4. The van der Waals surface area contributed by atoms with Crippen molar-refractivity contribution in [2.24, 2.45) is 0 Å². The molecule has 10 heteroatoms. The number of hydrogen-bond acceptors (Lipinski definition) is 5. The van der Waals surface area contributed by atoms with Crippen molar-refractivity contribution < 1.29 is 22.7 Å². The monoisotopic (exact) mass is 458 g/mol. The van der Waals surface area contributed by atoms with Gasteiger partial charge in [0.1, 0.15) is 0 Å². The summed E-state index contributed by atoms with van der Waals surface area (Å²) in [5.41, 5.74) is 0.301. The molecule has 0 atom stereocenters. The number of hydrogen-bond donors (Lipinski definition) is 0. The highest BCUT2D eigenvalue weighted by atomic mass is 35.5. The van der Waals surface area contributed by atoms with E-state index in [1.54, 1.807) is 23.1 Å². The Hall–Kier alpha value is -2.00. The molecule has 2 aromatic carbocycles. The maximum Gasteiger partial charge on any atom is 0.255 e. The average molecular weight is 459 g/mol. The van der Waals surface area contributed by atoms with Crippen molar-refractivity contribution >= 4 is 39.1 Å². The first-order chi connectivity index (χ1) is 13.8. The number of benzene rings is 2. The van der Waals surface area contributed by atoms with Crippen molar-refractivity contribution in [3.05, 3.63) is 52.0 Å². The molecule has 0 unspecified atom stereocenters. The fourth-order valence-corrected chi connectivity index (χ4v) is 4.90. The van der Waals surface area contributed by atoms with Crippen molar-refractivity contribution in [3.63, 3.8) is 0 Å². The van der Waals surface area contributed by atoms with Gasteiger partial charge in [-0.25, -0.2) is 8.42 Å². The molecule has 29 heavy (non-hydrogen) atoms. The van der Waals surface area contributed by atoms with E-state index in [1.165, 1.54) is 36.7 Å². The van der Waals surface area contributed by atoms with Crippen LogP contribution in [0.25, 0.3) is 0 Å². The molecule has 1 amide bonds. The molecule has 0 aliphatic carbocycles. The van der Waals surface area contributed by atoms with Crippen LogP contribution < -0.4 is 9.47 Å². The fourth-order valence-electron chi connectivity index (χ4n) is 3.09. The van der Waals surface area contributed by atoms with Crippen LogP contribution >= 0.6 is 23.2 Å². The van der Waals surface area contributed by atoms with Crippen LogP contribution in [0.3, 0.4) is 0 Å². The maximum absolute atomic E-state index is 13.0. The normalized spacial score (nSPS) is 15.2. The van der Waals surface area contributed by atoms with E-state index in [0.29, 0.717) is 27.1 Å². The van der Waals surface area contributed by atoms with Crippen LogP contribution in [0.1, 0.15) is 10.4 Å². The quantitative estimate of drug-likeness (QED) is 0.687. The molecule has 1 aliphatic heterocycles. The van der Waals surface area contributed by atoms with Crippen molar-refractivity contribution in [2.75, 3.05) is 40.4 Å². The van der Waals surface area contributed by atoms with E-state index in [0.717, 1.165) is 0 Å². The van der Waals surface area contributed by atoms with Crippen LogP contribution in [0.5, 0.6) is 11.5 Å². The predicted molar refractivity (Wildman–Crippen MR) is 111 cm³/mol. The highest BCUT2D eigenvalue weighted by Gasteiger charge is 2.31. The van der Waals surface area contributed by atoms with Crippen LogP contribution in [0.4, 0.5) is 0 Å². The molecule has 0 aromatic heterocycles. The van der Waals surface area contributed by atoms with Crippen molar-refractivity contribution in [1.29, 1.82) is 0 Å². The fraction of sp³-hybridized carbons (Fsp3) is 0.316. The van der Waals surface area contributed by atoms with Gasteiger partial charge in [-0.05, 0) is 30.3 Å². The van der Waals surface area contributed by atoms with Crippen molar-refractivity contribution in [1.82, 2.24) is 9.21 Å². The minimum atomic E-state index is -3.74. The molecule has 1 aliphatic rings. The zero-order chi connectivity index (χ0) is 21.2. The Balaban J connectivity index is 1.74. The molecule has 1 fully saturated rings. The van der Waals surface area contributed by atoms with E-state index in [2.05, 4.69) is 0 Å². The Bertz CT molecular complexity index is 1020. The van der Waals surface area contributed by atoms with E-state index in [9.17, 15) is 13.2 Å². The Morgan fingerprint density at radius 1 is 0.931 bits per heavy atom. The molecular formula is C19H20Cl2N2O5S. The van der Waals surface area contributed by atoms with Crippen LogP contribution in [-0.4, -0.2) is 63.9 Å². The van der Waals surface area contributed by atoms with Gasteiger partial charge in [-0.2, -0.15) is 4.31 Å². The maximum atomic E-state index is 13.0. The lowest BCUT2D eigenvalue weighted by molar-refractivity contribution is 0.0698. The predicted octanol–water partition coefficient (Wildman–Crippen LogP) is 3.16. The second-order valence-corrected chi connectivity index (χ2v) is 9.12. The van der Waals surface area contributed by atoms with E-state index >= 15 is 0 Å². The number of methoxy groups -OCH3 is 2. The molecule has 0 N–H and O–H groups in total. The Morgan fingerprint density at radius 3 is 2.21 bits per heavy atom. The van der Waals surface area contributed by atoms with Gasteiger partial charge in [0, 0.05) is 37.3 Å². The third-order valence-electron chi connectivity index (χ3n) is 4.68. The topological polar surface area (TPSA) is 76.2 Å². The van der Waals surface area contributed by atoms with Gasteiger partial charge >= 0.3 is 0 Å². The lowest BCUT2D eigenvalue weighted by Gasteiger charge is -2.34. The van der Waals surface area contributed by atoms with Crippen molar-refractivity contribution in [2.45, 2.75) is 4.90 Å². The minimum absolute atomic E-state index is 0.104. The van der Waals surface area contributed by atoms with E-state index < -0.39 is 10.0 Å². The third kappa shape index (κ3) is 4.45. The number of carbonyl (C=O) groups is 1. The summed E-state index contributed by atoms with van der Waals surface area (Å²) in [5.74, 6) is 0.499. The van der Waals surface area contributed by atoms with Crippen molar-refractivity contribution in [3.8, 4) is 11.5 Å². The van der Waals surface area contributed by atoms with Gasteiger partial charge in [0.15, 0.2) is 11.5 Å². The summed E-state index contributed by atoms with van der Waals surface area (Å²) in [6.07, 6.45) is 0. The Kier molecular flexibility index (Phi) is 6.58. The van der Waals surface area contributed by atoms with Gasteiger partial charge in [-0.1, -0.05) is 23.2 Å². The molecular weight excluding hydrogens is 439 g/mol. The highest BCUT2D eigenvalue weighted by molar-refractivity contribution is 7.89. The number of amides is 1. The van der Waals surface area contributed by atoms with Gasteiger partial charge in [0.05, 0.1) is 29.7 Å². The molecule has 1 saturated heterocycles. The molecule has 2 aromatic rings. The molecule has 0 spiro atoms. The second kappa shape index (κ2) is 8.79. The number of nitrogens with zero attached hydrogens (tertiary/aromatic N) is 2. The summed E-state index contributed by atoms with van der Waals surface area (Å²) in [6.45, 7) is 0.823. The van der Waals surface area contributed by atoms with Crippen LogP contribution in [0, 0.1) is 0 Å². The lowest BCUT2D eigenvalue weighted by atomic mass is 10.2. The highest BCUT2D eigenvalue weighted by Crippen LogP contribution is 2.31. The first-order valence-electron chi connectivity index (χ1n) is 8.74. The summed E-state index contributed by atoms with van der Waals surface area (Å²) < 4.78 is 37.7. The molecule has 1 heterocycles. The number of piperazine rings is 1. The molecule has 0 radical (unpaired) electrons. The standard InChI is InChI=1S/C19H20Cl2N2O5S/c1-27-17-6-4-14(12-18(17)28-2)29(25,26)23-9-7-22(8-10-23)19(24)15-11-13(20)3-5-16(15)21/h3-6,11-12H,7-10H2,1-2H3. The number of sulfonamides is 1. The van der Waals surface area contributed by atoms with Gasteiger partial charge in [0.2, 0.25) is 10.0 Å². The molecule has 0 bridgehead atoms. The van der Waals surface area contributed by atoms with Gasteiger partial charge in [-0.15, -0.1) is 0 Å². The van der Waals surface area contributed by atoms with Crippen LogP contribution in [-0.2, 0) is 10.0 Å². The van der Waals surface area contributed by atoms with Gasteiger partial charge in [0.25, 0.3) is 5.91 Å². The third-order valence-corrected chi connectivity index (χ3v) is 7.14.